The van der Waals surface area contributed by atoms with E-state index in [0.717, 1.165) is 38.5 Å². The van der Waals surface area contributed by atoms with Crippen LogP contribution in [0.1, 0.15) is 65.2 Å². The van der Waals surface area contributed by atoms with Crippen molar-refractivity contribution in [1.82, 2.24) is 0 Å². The number of fused-ring (bicyclic) bond motifs is 1. The lowest BCUT2D eigenvalue weighted by molar-refractivity contribution is -0.168. The van der Waals surface area contributed by atoms with Gasteiger partial charge in [-0.25, -0.2) is 0 Å². The predicted octanol–water partition coefficient (Wildman–Crippen LogP) is 3.73. The Morgan fingerprint density at radius 2 is 1.50 bits per heavy atom. The van der Waals surface area contributed by atoms with Crippen LogP contribution >= 0.6 is 0 Å². The van der Waals surface area contributed by atoms with Gasteiger partial charge >= 0.3 is 11.9 Å². The molecule has 0 spiro atoms. The highest BCUT2D eigenvalue weighted by molar-refractivity contribution is 5.82. The highest BCUT2D eigenvalue weighted by Gasteiger charge is 2.48. The summed E-state index contributed by atoms with van der Waals surface area (Å²) in [6.07, 6.45) is 8.11. The van der Waals surface area contributed by atoms with Crippen molar-refractivity contribution in [2.45, 2.75) is 65.2 Å². The molecule has 0 radical (unpaired) electrons. The van der Waals surface area contributed by atoms with Crippen molar-refractivity contribution in [1.29, 1.82) is 0 Å². The maximum atomic E-state index is 12.6. The average Bonchev–Trinajstić information content (AvgIpc) is 2.56. The predicted molar refractivity (Wildman–Crippen MR) is 84.2 cm³/mol. The van der Waals surface area contributed by atoms with Crippen LogP contribution in [0.25, 0.3) is 0 Å². The summed E-state index contributed by atoms with van der Waals surface area (Å²) in [6.45, 7) is 4.87. The molecule has 0 aromatic heterocycles. The zero-order valence-corrected chi connectivity index (χ0v) is 14.0. The Hall–Kier alpha value is -1.06. The molecule has 126 valence electrons. The first-order valence-electron chi connectivity index (χ1n) is 9.02. The van der Waals surface area contributed by atoms with Crippen LogP contribution in [0.3, 0.4) is 0 Å². The van der Waals surface area contributed by atoms with Gasteiger partial charge in [0.2, 0.25) is 0 Å². The molecule has 4 heteroatoms. The Kier molecular flexibility index (Phi) is 6.71. The lowest BCUT2D eigenvalue weighted by Crippen LogP contribution is -2.45. The molecule has 0 aromatic rings. The van der Waals surface area contributed by atoms with Crippen molar-refractivity contribution in [3.8, 4) is 0 Å². The van der Waals surface area contributed by atoms with Crippen LogP contribution in [-0.2, 0) is 19.1 Å². The minimum absolute atomic E-state index is 0.170. The maximum absolute atomic E-state index is 12.6. The van der Waals surface area contributed by atoms with Gasteiger partial charge in [0.15, 0.2) is 0 Å². The SMILES string of the molecule is CCCOC(=O)C1CCC2CCCCC2C1C(=O)OCCC. The molecule has 0 aliphatic heterocycles. The molecule has 2 rings (SSSR count). The summed E-state index contributed by atoms with van der Waals surface area (Å²) >= 11 is 0. The zero-order valence-electron chi connectivity index (χ0n) is 14.0. The smallest absolute Gasteiger partial charge is 0.310 e. The average molecular weight is 310 g/mol. The molecule has 2 saturated carbocycles. The fourth-order valence-corrected chi connectivity index (χ4v) is 4.15. The van der Waals surface area contributed by atoms with E-state index >= 15 is 0 Å². The lowest BCUT2D eigenvalue weighted by atomic mass is 9.61. The number of hydrogen-bond acceptors (Lipinski definition) is 4. The van der Waals surface area contributed by atoms with Crippen LogP contribution in [0.4, 0.5) is 0 Å². The Labute approximate surface area is 133 Å². The molecule has 2 aliphatic rings. The molecule has 4 atom stereocenters. The van der Waals surface area contributed by atoms with Crippen LogP contribution in [-0.4, -0.2) is 25.2 Å². The molecule has 4 nitrogen and oxygen atoms in total. The third-order valence-corrected chi connectivity index (χ3v) is 5.18. The van der Waals surface area contributed by atoms with Gasteiger partial charge in [-0.2, -0.15) is 0 Å². The number of rotatable bonds is 6. The van der Waals surface area contributed by atoms with Crippen molar-refractivity contribution in [2.24, 2.45) is 23.7 Å². The van der Waals surface area contributed by atoms with Gasteiger partial charge in [0.05, 0.1) is 25.0 Å². The molecular weight excluding hydrogens is 280 g/mol. The zero-order chi connectivity index (χ0) is 15.9. The fraction of sp³-hybridized carbons (Fsp3) is 0.889. The second-order valence-electron chi connectivity index (χ2n) is 6.75. The van der Waals surface area contributed by atoms with E-state index in [1.165, 1.54) is 12.8 Å². The van der Waals surface area contributed by atoms with E-state index in [1.54, 1.807) is 0 Å². The van der Waals surface area contributed by atoms with Crippen molar-refractivity contribution in [2.75, 3.05) is 13.2 Å². The van der Waals surface area contributed by atoms with E-state index in [2.05, 4.69) is 0 Å². The van der Waals surface area contributed by atoms with E-state index in [0.29, 0.717) is 25.0 Å². The third kappa shape index (κ3) is 4.02. The van der Waals surface area contributed by atoms with Gasteiger partial charge in [-0.05, 0) is 43.9 Å². The highest BCUT2D eigenvalue weighted by atomic mass is 16.5. The van der Waals surface area contributed by atoms with E-state index in [1.807, 2.05) is 13.8 Å². The van der Waals surface area contributed by atoms with Crippen LogP contribution in [0.5, 0.6) is 0 Å². The van der Waals surface area contributed by atoms with E-state index in [4.69, 9.17) is 9.47 Å². The molecule has 2 fully saturated rings. The molecule has 0 N–H and O–H groups in total. The third-order valence-electron chi connectivity index (χ3n) is 5.18. The summed E-state index contributed by atoms with van der Waals surface area (Å²) in [5.74, 6) is -0.0411. The number of carbonyl (C=O) groups excluding carboxylic acids is 2. The second-order valence-corrected chi connectivity index (χ2v) is 6.75. The molecule has 0 bridgehead atoms. The van der Waals surface area contributed by atoms with Gasteiger partial charge < -0.3 is 9.47 Å². The first kappa shape index (κ1) is 17.3. The summed E-state index contributed by atoms with van der Waals surface area (Å²) in [4.78, 5) is 25.0. The van der Waals surface area contributed by atoms with E-state index < -0.39 is 0 Å². The standard InChI is InChI=1S/C18H30O4/c1-3-11-21-17(19)15-10-9-13-7-5-6-8-14(13)16(15)18(20)22-12-4-2/h13-16H,3-12H2,1-2H3. The summed E-state index contributed by atoms with van der Waals surface area (Å²) < 4.78 is 10.8. The molecule has 0 amide bonds. The van der Waals surface area contributed by atoms with Crippen LogP contribution in [0, 0.1) is 23.7 Å². The Morgan fingerprint density at radius 3 is 2.18 bits per heavy atom. The topological polar surface area (TPSA) is 52.6 Å². The molecule has 4 unspecified atom stereocenters. The Bertz CT molecular complexity index is 379. The van der Waals surface area contributed by atoms with Gasteiger partial charge in [0.1, 0.15) is 0 Å². The largest absolute Gasteiger partial charge is 0.465 e. The lowest BCUT2D eigenvalue weighted by Gasteiger charge is -2.43. The minimum atomic E-state index is -0.296. The quantitative estimate of drug-likeness (QED) is 0.702. The molecular formula is C18H30O4. The van der Waals surface area contributed by atoms with Gasteiger partial charge in [-0.1, -0.05) is 33.1 Å². The molecule has 0 aromatic carbocycles. The number of ether oxygens (including phenoxy) is 2. The first-order chi connectivity index (χ1) is 10.7. The number of esters is 2. The van der Waals surface area contributed by atoms with Crippen molar-refractivity contribution in [3.63, 3.8) is 0 Å². The first-order valence-corrected chi connectivity index (χ1v) is 9.02. The summed E-state index contributed by atoms with van der Waals surface area (Å²) in [5, 5.41) is 0. The van der Waals surface area contributed by atoms with Gasteiger partial charge in [-0.3, -0.25) is 9.59 Å². The van der Waals surface area contributed by atoms with Crippen LogP contribution in [0.15, 0.2) is 0 Å². The number of hydrogen-bond donors (Lipinski definition) is 0. The van der Waals surface area contributed by atoms with Gasteiger partial charge in [0, 0.05) is 0 Å². The van der Waals surface area contributed by atoms with Crippen molar-refractivity contribution < 1.29 is 19.1 Å². The molecule has 0 saturated heterocycles. The van der Waals surface area contributed by atoms with Gasteiger partial charge in [0.25, 0.3) is 0 Å². The normalized spacial score (nSPS) is 31.2. The Morgan fingerprint density at radius 1 is 0.864 bits per heavy atom. The van der Waals surface area contributed by atoms with Crippen molar-refractivity contribution in [3.05, 3.63) is 0 Å². The Balaban J connectivity index is 2.11. The summed E-state index contributed by atoms with van der Waals surface area (Å²) in [6, 6.07) is 0. The minimum Gasteiger partial charge on any atom is -0.465 e. The second kappa shape index (κ2) is 8.54. The van der Waals surface area contributed by atoms with Crippen LogP contribution < -0.4 is 0 Å². The monoisotopic (exact) mass is 310 g/mol. The maximum Gasteiger partial charge on any atom is 0.310 e. The molecule has 2 aliphatic carbocycles. The van der Waals surface area contributed by atoms with Gasteiger partial charge in [-0.15, -0.1) is 0 Å². The fourth-order valence-electron chi connectivity index (χ4n) is 4.15. The van der Waals surface area contributed by atoms with Crippen LogP contribution in [0.2, 0.25) is 0 Å². The molecule has 22 heavy (non-hydrogen) atoms. The molecule has 0 heterocycles. The highest BCUT2D eigenvalue weighted by Crippen LogP contribution is 2.47. The summed E-state index contributed by atoms with van der Waals surface area (Å²) in [5.41, 5.74) is 0. The summed E-state index contributed by atoms with van der Waals surface area (Å²) in [7, 11) is 0. The van der Waals surface area contributed by atoms with E-state index in [9.17, 15) is 9.59 Å². The van der Waals surface area contributed by atoms with Crippen molar-refractivity contribution >= 4 is 11.9 Å². The van der Waals surface area contributed by atoms with E-state index in [-0.39, 0.29) is 23.8 Å². The number of carbonyl (C=O) groups is 2.